The molecule has 0 radical (unpaired) electrons. The predicted octanol–water partition coefficient (Wildman–Crippen LogP) is 8.46. The molecule has 11 N–H and O–H groups in total. The first-order valence-corrected chi connectivity index (χ1v) is 42.7. The van der Waals surface area contributed by atoms with Crippen LogP contribution in [0, 0.1) is 0 Å². The second kappa shape index (κ2) is 41.3. The van der Waals surface area contributed by atoms with E-state index in [-0.39, 0.29) is 72.4 Å². The molecule has 636 valence electrons. The van der Waals surface area contributed by atoms with Crippen LogP contribution in [0.2, 0.25) is 18.1 Å². The van der Waals surface area contributed by atoms with Gasteiger partial charge in [-0.15, -0.1) is 0 Å². The van der Waals surface area contributed by atoms with Gasteiger partial charge in [0.25, 0.3) is 0 Å². The molecule has 0 bridgehead atoms. The molecular formula is C86H104N8O24Si. The van der Waals surface area contributed by atoms with Gasteiger partial charge < -0.3 is 128 Å². The number of aromatic amines is 1. The highest BCUT2D eigenvalue weighted by molar-refractivity contribution is 6.74. The van der Waals surface area contributed by atoms with Crippen molar-refractivity contribution in [1.82, 2.24) is 41.9 Å². The van der Waals surface area contributed by atoms with Crippen molar-refractivity contribution < 1.29 is 115 Å². The maximum absolute atomic E-state index is 14.7. The summed E-state index contributed by atoms with van der Waals surface area (Å²) in [5.74, 6) is 0.605. The lowest BCUT2D eigenvalue weighted by Gasteiger charge is -2.51. The van der Waals surface area contributed by atoms with E-state index in [1.165, 1.54) is 0 Å². The van der Waals surface area contributed by atoms with E-state index in [0.29, 0.717) is 39.2 Å². The summed E-state index contributed by atoms with van der Waals surface area (Å²) in [6, 6.07) is 54.7. The van der Waals surface area contributed by atoms with Crippen molar-refractivity contribution in [2.45, 2.75) is 207 Å². The number of aliphatic hydroxyl groups excluding tert-OH is 4. The summed E-state index contributed by atoms with van der Waals surface area (Å²) in [5, 5.41) is 67.6. The molecule has 13 rings (SSSR count). The number of hydrogen-bond acceptors (Lipinski definition) is 26. The predicted molar refractivity (Wildman–Crippen MR) is 429 cm³/mol. The summed E-state index contributed by atoms with van der Waals surface area (Å²) in [6.07, 6.45) is -30.9. The molecule has 1 aliphatic carbocycles. The van der Waals surface area contributed by atoms with E-state index in [4.69, 9.17) is 75.7 Å². The fraction of sp³-hybridized carbons (Fsp3) is 0.442. The molecule has 32 nitrogen and oxygen atoms in total. The van der Waals surface area contributed by atoms with Gasteiger partial charge in [0.15, 0.2) is 33.5 Å². The largest absolute Gasteiger partial charge is 0.445 e. The number of nitrogens with zero attached hydrogens (tertiary/aromatic N) is 1. The number of nitrogens with one attached hydrogen (secondary N) is 7. The summed E-state index contributed by atoms with van der Waals surface area (Å²) in [5.41, 5.74) is 5.36. The molecule has 4 saturated heterocycles. The number of carbonyl (C=O) groups excluding carboxylic acids is 5. The van der Waals surface area contributed by atoms with Gasteiger partial charge in [0.1, 0.15) is 124 Å². The van der Waals surface area contributed by atoms with Crippen LogP contribution in [0.1, 0.15) is 72.7 Å². The molecule has 20 atom stereocenters. The van der Waals surface area contributed by atoms with Crippen molar-refractivity contribution in [2.24, 2.45) is 0 Å². The third-order valence-electron chi connectivity index (χ3n) is 21.7. The zero-order valence-electron chi connectivity index (χ0n) is 66.6. The number of fused-ring (bicyclic) bond motifs is 2. The number of rotatable bonds is 32. The Bertz CT molecular complexity index is 4480. The Morgan fingerprint density at radius 3 is 1.49 bits per heavy atom. The van der Waals surface area contributed by atoms with Crippen LogP contribution in [0.5, 0.6) is 0 Å². The normalized spacial score (nSPS) is 27.5. The Morgan fingerprint density at radius 2 is 0.950 bits per heavy atom. The number of imidazole rings is 1. The van der Waals surface area contributed by atoms with Gasteiger partial charge >= 0.3 is 30.5 Å². The van der Waals surface area contributed by atoms with Gasteiger partial charge in [-0.05, 0) is 64.5 Å². The molecular weight excluding hydrogens is 1560 g/mol. The van der Waals surface area contributed by atoms with E-state index >= 15 is 0 Å². The van der Waals surface area contributed by atoms with Gasteiger partial charge in [0, 0.05) is 18.7 Å². The van der Waals surface area contributed by atoms with Crippen molar-refractivity contribution in [1.29, 1.82) is 0 Å². The van der Waals surface area contributed by atoms with Crippen molar-refractivity contribution in [3.8, 4) is 0 Å². The minimum absolute atomic E-state index is 0.103. The number of para-hydroxylation sites is 2. The molecule has 1 aromatic heterocycles. The van der Waals surface area contributed by atoms with E-state index in [1.807, 2.05) is 70.3 Å². The van der Waals surface area contributed by atoms with Crippen molar-refractivity contribution in [3.63, 3.8) is 0 Å². The maximum Gasteiger partial charge on any atom is 0.407 e. The minimum atomic E-state index is -2.83. The molecule has 5 heterocycles. The maximum atomic E-state index is 14.7. The zero-order chi connectivity index (χ0) is 83.4. The summed E-state index contributed by atoms with van der Waals surface area (Å²) in [4.78, 5) is 79.2. The van der Waals surface area contributed by atoms with Gasteiger partial charge in [0.05, 0.1) is 49.5 Å². The number of carbonyl (C=O) groups is 5. The molecule has 5 amide bonds. The van der Waals surface area contributed by atoms with Gasteiger partial charge in [-0.1, -0.05) is 215 Å². The van der Waals surface area contributed by atoms with E-state index in [1.54, 1.807) is 170 Å². The van der Waals surface area contributed by atoms with Crippen LogP contribution in [0.3, 0.4) is 0 Å². The first-order chi connectivity index (χ1) is 57.6. The van der Waals surface area contributed by atoms with Crippen LogP contribution in [-0.2, 0) is 110 Å². The minimum Gasteiger partial charge on any atom is -0.445 e. The van der Waals surface area contributed by atoms with Gasteiger partial charge in [-0.25, -0.2) is 29.0 Å². The van der Waals surface area contributed by atoms with E-state index in [2.05, 4.69) is 36.9 Å². The summed E-state index contributed by atoms with van der Waals surface area (Å²) >= 11 is 0. The molecule has 0 spiro atoms. The van der Waals surface area contributed by atoms with Crippen LogP contribution in [0.25, 0.3) is 11.0 Å². The Kier molecular flexibility index (Phi) is 30.1. The first-order valence-electron chi connectivity index (χ1n) is 39.8. The highest BCUT2D eigenvalue weighted by atomic mass is 28.4. The van der Waals surface area contributed by atoms with E-state index < -0.39 is 173 Å². The Hall–Kier alpha value is -10.0. The molecule has 8 aromatic rings. The zero-order valence-corrected chi connectivity index (χ0v) is 67.6. The van der Waals surface area contributed by atoms with Crippen LogP contribution in [-0.4, -0.2) is 218 Å². The number of hydrogen-bond donors (Lipinski definition) is 11. The molecule has 7 aromatic carbocycles. The summed E-state index contributed by atoms with van der Waals surface area (Å²) in [6.45, 7) is 8.36. The lowest BCUT2D eigenvalue weighted by molar-refractivity contribution is -0.358. The standard InChI is InChI=1S/C86H104N8O24Si/c1-86(2,3)119(4,5)111-51-64-74(117-78-66(93-84(102)109-48-55-32-18-9-19-33-55)70(97)69(96)62(112-78)43-88-81(99)106-45-52-26-12-6-13-27-52)76(104-41-40-87-44-65-89-58-38-24-25-39-59(58)90-65)80(114-64)118-75-68(95)60(91-82(100)107-46-53-28-14-7-15-29-53)42-61(92-83(101)108-47-54-30-16-8-17-31-54)72(75)115-79-67(94-85(103)110-49-56-34-20-10-21-35-56)71(98)73-63(113-79)50-105-77(116-73)57-36-22-11-23-37-57/h6-39,60-64,66-80,87,95-98H,40-51H2,1-5H3,(H,88,99)(H,89,90)(H,91,100)(H,92,101)(H,93,102)(H,94,103)/t60-,61+,62+,63-,64-,66-,67-,68+,69-,70-,71-,72-,73-,74-,75-,76-,77?,78-,79-,80+/m1/s1. The first kappa shape index (κ1) is 86.8. The van der Waals surface area contributed by atoms with Crippen molar-refractivity contribution in [3.05, 3.63) is 245 Å². The second-order valence-corrected chi connectivity index (χ2v) is 35.9. The Labute approximate surface area is 689 Å². The van der Waals surface area contributed by atoms with Crippen LogP contribution in [0.15, 0.2) is 206 Å². The number of ether oxygens (including phenoxy) is 14. The summed E-state index contributed by atoms with van der Waals surface area (Å²) in [7, 11) is -2.83. The number of benzene rings is 7. The topological polar surface area (TPSA) is 406 Å². The molecule has 5 aliphatic rings. The smallest absolute Gasteiger partial charge is 0.407 e. The number of H-pyrrole nitrogens is 1. The Balaban J connectivity index is 0.889. The number of alkyl carbamates (subject to hydrolysis) is 5. The number of aliphatic hydroxyl groups is 4. The quantitative estimate of drug-likeness (QED) is 0.0107. The molecule has 4 aliphatic heterocycles. The molecule has 33 heteroatoms. The van der Waals surface area contributed by atoms with E-state index in [9.17, 15) is 44.4 Å². The number of amides is 5. The van der Waals surface area contributed by atoms with E-state index in [0.717, 1.165) is 11.0 Å². The Morgan fingerprint density at radius 1 is 0.487 bits per heavy atom. The third kappa shape index (κ3) is 23.5. The lowest BCUT2D eigenvalue weighted by Crippen LogP contribution is -2.71. The second-order valence-electron chi connectivity index (χ2n) is 31.1. The number of aromatic nitrogens is 2. The highest BCUT2D eigenvalue weighted by Crippen LogP contribution is 2.42. The molecule has 1 unspecified atom stereocenters. The average molecular weight is 1660 g/mol. The van der Waals surface area contributed by atoms with Gasteiger partial charge in [-0.2, -0.15) is 0 Å². The summed E-state index contributed by atoms with van der Waals surface area (Å²) < 4.78 is 97.8. The SMILES string of the molecule is CC(C)(C)[Si](C)(C)OC[C@H]1O[C@@H](O[C@@H]2[C@@H](O)[C@H](NC(=O)OCc3ccccc3)C[C@H](NC(=O)OCc3ccccc3)[C@H]2O[C@H]2O[C@@H]3COC(c4ccccc4)O[C@H]3[C@H](O)[C@H]2NC(=O)OCc2ccccc2)[C@H](OCCNCc2nc3ccccc3[nH]2)[C@@H]1O[C@H]1O[C@@H](CNC(=O)OCc2ccccc2)[C@@H](O)[C@H](O)[C@H]1NC(=O)OCc1ccccc1. The van der Waals surface area contributed by atoms with Crippen molar-refractivity contribution in [2.75, 3.05) is 32.9 Å². The van der Waals surface area contributed by atoms with Crippen molar-refractivity contribution >= 4 is 49.8 Å². The van der Waals surface area contributed by atoms with Crippen LogP contribution >= 0.6 is 0 Å². The lowest BCUT2D eigenvalue weighted by atomic mass is 9.83. The highest BCUT2D eigenvalue weighted by Gasteiger charge is 2.59. The molecule has 5 fully saturated rings. The molecule has 1 saturated carbocycles. The third-order valence-corrected chi connectivity index (χ3v) is 26.2. The fourth-order valence-corrected chi connectivity index (χ4v) is 15.2. The van der Waals surface area contributed by atoms with Gasteiger partial charge in [-0.3, -0.25) is 0 Å². The van der Waals surface area contributed by atoms with Crippen LogP contribution < -0.4 is 31.9 Å². The average Bonchev–Trinajstić information content (AvgIpc) is 1.74. The fourth-order valence-electron chi connectivity index (χ4n) is 14.2. The van der Waals surface area contributed by atoms with Crippen LogP contribution in [0.4, 0.5) is 24.0 Å². The monoisotopic (exact) mass is 1660 g/mol. The van der Waals surface area contributed by atoms with Gasteiger partial charge in [0.2, 0.25) is 0 Å². The molecule has 119 heavy (non-hydrogen) atoms.